The molecule has 13 heavy (non-hydrogen) atoms. The van der Waals surface area contributed by atoms with Crippen LogP contribution >= 0.6 is 0 Å². The van der Waals surface area contributed by atoms with Gasteiger partial charge in [-0.05, 0) is 18.9 Å². The second-order valence-corrected chi connectivity index (χ2v) is 2.93. The largest absolute Gasteiger partial charge is 0.392 e. The number of hydrogen-bond acceptors (Lipinski definition) is 0. The first-order valence-corrected chi connectivity index (χ1v) is 3.94. The summed E-state index contributed by atoms with van der Waals surface area (Å²) in [7, 11) is 0. The van der Waals surface area contributed by atoms with Crippen molar-refractivity contribution in [3.63, 3.8) is 0 Å². The summed E-state index contributed by atoms with van der Waals surface area (Å²) >= 11 is 0. The third-order valence-corrected chi connectivity index (χ3v) is 1.79. The zero-order chi connectivity index (χ0) is 9.90. The minimum atomic E-state index is -4.20. The Hall–Kier alpha value is -0.990. The summed E-state index contributed by atoms with van der Waals surface area (Å²) in [5.74, 6) is -1.52. The molecule has 1 aromatic rings. The first-order chi connectivity index (χ1) is 6.00. The summed E-state index contributed by atoms with van der Waals surface area (Å²) in [6.45, 7) is 3.08. The van der Waals surface area contributed by atoms with E-state index < -0.39 is 12.1 Å². The van der Waals surface area contributed by atoms with Gasteiger partial charge in [0.1, 0.15) is 0 Å². The van der Waals surface area contributed by atoms with Gasteiger partial charge in [0.15, 0.2) is 0 Å². The Morgan fingerprint density at radius 2 is 1.69 bits per heavy atom. The molecule has 0 heterocycles. The van der Waals surface area contributed by atoms with E-state index in [9.17, 15) is 13.2 Å². The van der Waals surface area contributed by atoms with Gasteiger partial charge in [-0.25, -0.2) is 0 Å². The van der Waals surface area contributed by atoms with Crippen LogP contribution in [-0.2, 0) is 6.42 Å². The predicted octanol–water partition coefficient (Wildman–Crippen LogP) is 3.24. The highest BCUT2D eigenvalue weighted by Crippen LogP contribution is 2.28. The highest BCUT2D eigenvalue weighted by molar-refractivity contribution is 5.15. The first-order valence-electron chi connectivity index (χ1n) is 3.94. The zero-order valence-electron chi connectivity index (χ0n) is 7.01. The van der Waals surface area contributed by atoms with Gasteiger partial charge < -0.3 is 0 Å². The molecule has 0 aromatic heterocycles. The van der Waals surface area contributed by atoms with E-state index in [1.165, 1.54) is 0 Å². The number of benzene rings is 1. The van der Waals surface area contributed by atoms with E-state index in [1.807, 2.05) is 0 Å². The molecule has 1 radical (unpaired) electrons. The Labute approximate surface area is 75.4 Å². The van der Waals surface area contributed by atoms with Gasteiger partial charge in [-0.3, -0.25) is 0 Å². The summed E-state index contributed by atoms with van der Waals surface area (Å²) in [4.78, 5) is 0. The molecule has 0 aliphatic carbocycles. The van der Waals surface area contributed by atoms with E-state index >= 15 is 0 Å². The quantitative estimate of drug-likeness (QED) is 0.666. The van der Waals surface area contributed by atoms with Crippen molar-refractivity contribution in [1.29, 1.82) is 0 Å². The van der Waals surface area contributed by atoms with Gasteiger partial charge in [-0.2, -0.15) is 13.2 Å². The summed E-state index contributed by atoms with van der Waals surface area (Å²) in [6.07, 6.45) is -4.25. The van der Waals surface area contributed by atoms with Crippen LogP contribution in [0.5, 0.6) is 0 Å². The standard InChI is InChI=1S/C10H10F3/c1-8(10(11,12)13)7-9-5-3-2-4-6-9/h2-6,8H,1,7H2/t8-/m0/s1. The van der Waals surface area contributed by atoms with Crippen molar-refractivity contribution in [3.8, 4) is 0 Å². The molecule has 0 fully saturated rings. The molecule has 0 nitrogen and oxygen atoms in total. The maximum absolute atomic E-state index is 12.1. The molecule has 0 bridgehead atoms. The van der Waals surface area contributed by atoms with Crippen LogP contribution in [0.25, 0.3) is 0 Å². The molecule has 71 valence electrons. The zero-order valence-corrected chi connectivity index (χ0v) is 7.01. The molecule has 0 spiro atoms. The Bertz CT molecular complexity index is 251. The van der Waals surface area contributed by atoms with Crippen LogP contribution < -0.4 is 0 Å². The third kappa shape index (κ3) is 3.09. The van der Waals surface area contributed by atoms with E-state index in [-0.39, 0.29) is 6.42 Å². The van der Waals surface area contributed by atoms with Gasteiger partial charge in [-0.15, -0.1) is 0 Å². The summed E-state index contributed by atoms with van der Waals surface area (Å²) < 4.78 is 36.2. The van der Waals surface area contributed by atoms with E-state index in [1.54, 1.807) is 30.3 Å². The van der Waals surface area contributed by atoms with Crippen molar-refractivity contribution < 1.29 is 13.2 Å². The first kappa shape index (κ1) is 10.1. The molecule has 0 amide bonds. The SMILES string of the molecule is [CH2][C@@H](Cc1ccccc1)C(F)(F)F. The maximum atomic E-state index is 12.1. The summed E-state index contributed by atoms with van der Waals surface area (Å²) in [5, 5.41) is 0. The van der Waals surface area contributed by atoms with Crippen LogP contribution in [0.15, 0.2) is 30.3 Å². The molecule has 0 N–H and O–H groups in total. The molecule has 0 unspecified atom stereocenters. The fourth-order valence-corrected chi connectivity index (χ4v) is 1.01. The molecule has 1 rings (SSSR count). The lowest BCUT2D eigenvalue weighted by Gasteiger charge is -2.14. The topological polar surface area (TPSA) is 0 Å². The van der Waals surface area contributed by atoms with Crippen LogP contribution in [0.4, 0.5) is 13.2 Å². The van der Waals surface area contributed by atoms with Crippen LogP contribution in [0.2, 0.25) is 0 Å². The summed E-state index contributed by atoms with van der Waals surface area (Å²) in [5.41, 5.74) is 0.667. The van der Waals surface area contributed by atoms with Gasteiger partial charge in [0.05, 0.1) is 5.92 Å². The van der Waals surface area contributed by atoms with Gasteiger partial charge in [-0.1, -0.05) is 30.3 Å². The minimum Gasteiger partial charge on any atom is -0.171 e. The fraction of sp³-hybridized carbons (Fsp3) is 0.300. The molecule has 1 atom stereocenters. The van der Waals surface area contributed by atoms with Gasteiger partial charge >= 0.3 is 6.18 Å². The van der Waals surface area contributed by atoms with Crippen molar-refractivity contribution in [1.82, 2.24) is 0 Å². The average Bonchev–Trinajstić information content (AvgIpc) is 2.04. The molecule has 0 saturated carbocycles. The van der Waals surface area contributed by atoms with E-state index in [0.29, 0.717) is 5.56 Å². The molecule has 0 aliphatic rings. The van der Waals surface area contributed by atoms with Crippen LogP contribution in [-0.4, -0.2) is 6.18 Å². The lowest BCUT2D eigenvalue weighted by Crippen LogP contribution is -2.22. The van der Waals surface area contributed by atoms with Crippen LogP contribution in [0, 0.1) is 12.8 Å². The van der Waals surface area contributed by atoms with E-state index in [2.05, 4.69) is 6.92 Å². The number of alkyl halides is 3. The maximum Gasteiger partial charge on any atom is 0.392 e. The van der Waals surface area contributed by atoms with Crippen molar-refractivity contribution >= 4 is 0 Å². The van der Waals surface area contributed by atoms with Crippen molar-refractivity contribution in [2.45, 2.75) is 12.6 Å². The van der Waals surface area contributed by atoms with Gasteiger partial charge in [0.2, 0.25) is 0 Å². The number of rotatable bonds is 2. The highest BCUT2D eigenvalue weighted by Gasteiger charge is 2.35. The monoisotopic (exact) mass is 187 g/mol. The van der Waals surface area contributed by atoms with Gasteiger partial charge in [0.25, 0.3) is 0 Å². The Morgan fingerprint density at radius 1 is 1.15 bits per heavy atom. The molecule has 0 saturated heterocycles. The lowest BCUT2D eigenvalue weighted by molar-refractivity contribution is -0.161. The van der Waals surface area contributed by atoms with Crippen molar-refractivity contribution in [2.24, 2.45) is 5.92 Å². The lowest BCUT2D eigenvalue weighted by atomic mass is 10.0. The Balaban J connectivity index is 2.61. The van der Waals surface area contributed by atoms with E-state index in [4.69, 9.17) is 0 Å². The second-order valence-electron chi connectivity index (χ2n) is 2.93. The number of hydrogen-bond donors (Lipinski definition) is 0. The smallest absolute Gasteiger partial charge is 0.171 e. The predicted molar refractivity (Wildman–Crippen MR) is 45.0 cm³/mol. The normalized spacial score (nSPS) is 14.2. The third-order valence-electron chi connectivity index (χ3n) is 1.79. The molecular formula is C10H10F3. The summed E-state index contributed by atoms with van der Waals surface area (Å²) in [6, 6.07) is 8.56. The average molecular weight is 187 g/mol. The molecular weight excluding hydrogens is 177 g/mol. The number of halogens is 3. The Morgan fingerprint density at radius 3 is 2.15 bits per heavy atom. The van der Waals surface area contributed by atoms with Gasteiger partial charge in [0, 0.05) is 0 Å². The van der Waals surface area contributed by atoms with Crippen molar-refractivity contribution in [3.05, 3.63) is 42.8 Å². The van der Waals surface area contributed by atoms with Crippen LogP contribution in [0.1, 0.15) is 5.56 Å². The van der Waals surface area contributed by atoms with E-state index in [0.717, 1.165) is 0 Å². The molecule has 1 aromatic carbocycles. The van der Waals surface area contributed by atoms with Crippen molar-refractivity contribution in [2.75, 3.05) is 0 Å². The fourth-order valence-electron chi connectivity index (χ4n) is 1.01. The highest BCUT2D eigenvalue weighted by atomic mass is 19.4. The van der Waals surface area contributed by atoms with Crippen LogP contribution in [0.3, 0.4) is 0 Å². The minimum absolute atomic E-state index is 0.0513. The molecule has 0 aliphatic heterocycles. The Kier molecular flexibility index (Phi) is 2.96. The second kappa shape index (κ2) is 3.81. The molecule has 3 heteroatoms.